The molecule has 0 atom stereocenters. The summed E-state index contributed by atoms with van der Waals surface area (Å²) in [4.78, 5) is 22.1. The molecule has 3 aromatic rings. The standard InChI is InChI=1S/C17H20N8/c1-2-14-11-18-17(19-12-14)24-8-6-23(7-9-24)15-10-16(21-13-20-15)25-5-3-4-22-25/h3-5,10-13H,2,6-9H2,1H3. The van der Waals surface area contributed by atoms with Crippen LogP contribution in [0, 0.1) is 0 Å². The zero-order valence-electron chi connectivity index (χ0n) is 14.2. The van der Waals surface area contributed by atoms with Crippen LogP contribution in [0.15, 0.2) is 43.2 Å². The Hall–Kier alpha value is -3.03. The molecule has 0 aromatic carbocycles. The summed E-state index contributed by atoms with van der Waals surface area (Å²) in [6, 6.07) is 3.85. The van der Waals surface area contributed by atoms with E-state index < -0.39 is 0 Å². The molecule has 0 spiro atoms. The fraction of sp³-hybridized carbons (Fsp3) is 0.353. The van der Waals surface area contributed by atoms with Gasteiger partial charge in [-0.25, -0.2) is 24.6 Å². The molecule has 4 heterocycles. The summed E-state index contributed by atoms with van der Waals surface area (Å²) in [6.07, 6.45) is 9.99. The third kappa shape index (κ3) is 3.28. The van der Waals surface area contributed by atoms with Crippen LogP contribution in [0.2, 0.25) is 0 Å². The van der Waals surface area contributed by atoms with E-state index in [4.69, 9.17) is 0 Å². The van der Waals surface area contributed by atoms with Crippen LogP contribution in [0.25, 0.3) is 5.82 Å². The molecule has 8 heteroatoms. The van der Waals surface area contributed by atoms with E-state index in [1.807, 2.05) is 30.7 Å². The van der Waals surface area contributed by atoms with Gasteiger partial charge in [0.1, 0.15) is 12.1 Å². The Balaban J connectivity index is 1.44. The molecule has 4 rings (SSSR count). The predicted octanol–water partition coefficient (Wildman–Crippen LogP) is 1.34. The summed E-state index contributed by atoms with van der Waals surface area (Å²) >= 11 is 0. The van der Waals surface area contributed by atoms with Crippen molar-refractivity contribution < 1.29 is 0 Å². The summed E-state index contributed by atoms with van der Waals surface area (Å²) < 4.78 is 1.74. The van der Waals surface area contributed by atoms with Crippen molar-refractivity contribution in [1.82, 2.24) is 29.7 Å². The normalized spacial score (nSPS) is 14.8. The van der Waals surface area contributed by atoms with Crippen LogP contribution in [0.1, 0.15) is 12.5 Å². The van der Waals surface area contributed by atoms with Crippen LogP contribution in [-0.2, 0) is 6.42 Å². The van der Waals surface area contributed by atoms with E-state index >= 15 is 0 Å². The molecule has 0 radical (unpaired) electrons. The maximum Gasteiger partial charge on any atom is 0.225 e. The van der Waals surface area contributed by atoms with Crippen molar-refractivity contribution >= 4 is 11.8 Å². The molecule has 0 bridgehead atoms. The Morgan fingerprint density at radius 1 is 0.920 bits per heavy atom. The number of hydrogen-bond donors (Lipinski definition) is 0. The van der Waals surface area contributed by atoms with Gasteiger partial charge < -0.3 is 9.80 Å². The fourth-order valence-corrected chi connectivity index (χ4v) is 2.87. The highest BCUT2D eigenvalue weighted by molar-refractivity contribution is 5.45. The molecule has 0 unspecified atom stereocenters. The van der Waals surface area contributed by atoms with Crippen LogP contribution in [0.4, 0.5) is 11.8 Å². The lowest BCUT2D eigenvalue weighted by Crippen LogP contribution is -2.47. The predicted molar refractivity (Wildman–Crippen MR) is 95.0 cm³/mol. The van der Waals surface area contributed by atoms with E-state index in [-0.39, 0.29) is 0 Å². The maximum atomic E-state index is 4.48. The molecule has 0 saturated carbocycles. The number of aryl methyl sites for hydroxylation is 1. The number of anilines is 2. The zero-order chi connectivity index (χ0) is 17.1. The third-order valence-corrected chi connectivity index (χ3v) is 4.36. The summed E-state index contributed by atoms with van der Waals surface area (Å²) in [5.74, 6) is 2.50. The van der Waals surface area contributed by atoms with E-state index in [1.54, 1.807) is 17.2 Å². The highest BCUT2D eigenvalue weighted by Gasteiger charge is 2.20. The van der Waals surface area contributed by atoms with Crippen molar-refractivity contribution in [3.8, 4) is 5.82 Å². The Bertz CT molecular complexity index is 807. The smallest absolute Gasteiger partial charge is 0.225 e. The van der Waals surface area contributed by atoms with Crippen molar-refractivity contribution in [3.05, 3.63) is 48.8 Å². The van der Waals surface area contributed by atoms with Gasteiger partial charge in [-0.15, -0.1) is 0 Å². The lowest BCUT2D eigenvalue weighted by atomic mass is 10.3. The molecule has 0 N–H and O–H groups in total. The Morgan fingerprint density at radius 3 is 2.32 bits per heavy atom. The van der Waals surface area contributed by atoms with Gasteiger partial charge in [-0.1, -0.05) is 6.92 Å². The molecule has 1 aliphatic rings. The molecule has 3 aromatic heterocycles. The number of piperazine rings is 1. The lowest BCUT2D eigenvalue weighted by molar-refractivity contribution is 0.632. The second kappa shape index (κ2) is 6.84. The highest BCUT2D eigenvalue weighted by Crippen LogP contribution is 2.17. The van der Waals surface area contributed by atoms with Crippen molar-refractivity contribution in [2.24, 2.45) is 0 Å². The first kappa shape index (κ1) is 15.5. The van der Waals surface area contributed by atoms with E-state index in [1.165, 1.54) is 0 Å². The number of rotatable bonds is 4. The first-order valence-corrected chi connectivity index (χ1v) is 8.46. The lowest BCUT2D eigenvalue weighted by Gasteiger charge is -2.35. The summed E-state index contributed by atoms with van der Waals surface area (Å²) in [6.45, 7) is 5.58. The van der Waals surface area contributed by atoms with Crippen LogP contribution in [-0.4, -0.2) is 55.9 Å². The molecule has 0 aliphatic carbocycles. The maximum absolute atomic E-state index is 4.48. The first-order chi connectivity index (χ1) is 12.3. The molecule has 1 fully saturated rings. The monoisotopic (exact) mass is 336 g/mol. The molecule has 128 valence electrons. The minimum Gasteiger partial charge on any atom is -0.353 e. The Morgan fingerprint density at radius 2 is 1.64 bits per heavy atom. The Labute approximate surface area is 146 Å². The van der Waals surface area contributed by atoms with Crippen LogP contribution in [0.5, 0.6) is 0 Å². The Kier molecular flexibility index (Phi) is 4.24. The fourth-order valence-electron chi connectivity index (χ4n) is 2.87. The average molecular weight is 336 g/mol. The van der Waals surface area contributed by atoms with Gasteiger partial charge in [0.15, 0.2) is 5.82 Å². The summed E-state index contributed by atoms with van der Waals surface area (Å²) in [5, 5.41) is 4.22. The summed E-state index contributed by atoms with van der Waals surface area (Å²) in [7, 11) is 0. The van der Waals surface area contributed by atoms with Gasteiger partial charge in [-0.2, -0.15) is 5.10 Å². The van der Waals surface area contributed by atoms with Crippen molar-refractivity contribution in [2.45, 2.75) is 13.3 Å². The number of nitrogens with zero attached hydrogens (tertiary/aromatic N) is 8. The van der Waals surface area contributed by atoms with Gasteiger partial charge in [0.25, 0.3) is 0 Å². The number of hydrogen-bond acceptors (Lipinski definition) is 7. The largest absolute Gasteiger partial charge is 0.353 e. The van der Waals surface area contributed by atoms with Gasteiger partial charge in [0, 0.05) is 57.0 Å². The molecule has 1 saturated heterocycles. The van der Waals surface area contributed by atoms with Crippen molar-refractivity contribution in [3.63, 3.8) is 0 Å². The van der Waals surface area contributed by atoms with Gasteiger partial charge in [0.05, 0.1) is 0 Å². The SMILES string of the molecule is CCc1cnc(N2CCN(c3cc(-n4cccn4)ncn3)CC2)nc1. The second-order valence-corrected chi connectivity index (χ2v) is 5.90. The van der Waals surface area contributed by atoms with Gasteiger partial charge in [0.2, 0.25) is 5.95 Å². The summed E-state index contributed by atoms with van der Waals surface area (Å²) in [5.41, 5.74) is 1.16. The molecule has 8 nitrogen and oxygen atoms in total. The van der Waals surface area contributed by atoms with E-state index in [2.05, 4.69) is 41.8 Å². The topological polar surface area (TPSA) is 75.9 Å². The first-order valence-electron chi connectivity index (χ1n) is 8.46. The van der Waals surface area contributed by atoms with Crippen LogP contribution in [0.3, 0.4) is 0 Å². The molecule has 25 heavy (non-hydrogen) atoms. The van der Waals surface area contributed by atoms with E-state index in [0.717, 1.165) is 55.7 Å². The van der Waals surface area contributed by atoms with E-state index in [0.29, 0.717) is 0 Å². The van der Waals surface area contributed by atoms with Crippen molar-refractivity contribution in [2.75, 3.05) is 36.0 Å². The minimum absolute atomic E-state index is 0.774. The molecule has 1 aliphatic heterocycles. The van der Waals surface area contributed by atoms with Crippen LogP contribution < -0.4 is 9.80 Å². The molecule has 0 amide bonds. The third-order valence-electron chi connectivity index (χ3n) is 4.36. The van der Waals surface area contributed by atoms with Crippen LogP contribution >= 0.6 is 0 Å². The molecular formula is C17H20N8. The number of aromatic nitrogens is 6. The zero-order valence-corrected chi connectivity index (χ0v) is 14.2. The second-order valence-electron chi connectivity index (χ2n) is 5.90. The minimum atomic E-state index is 0.774. The average Bonchev–Trinajstić information content (AvgIpc) is 3.23. The quantitative estimate of drug-likeness (QED) is 0.711. The highest BCUT2D eigenvalue weighted by atomic mass is 15.3. The van der Waals surface area contributed by atoms with Gasteiger partial charge in [-0.3, -0.25) is 0 Å². The van der Waals surface area contributed by atoms with Crippen molar-refractivity contribution in [1.29, 1.82) is 0 Å². The van der Waals surface area contributed by atoms with Gasteiger partial charge >= 0.3 is 0 Å². The van der Waals surface area contributed by atoms with Gasteiger partial charge in [-0.05, 0) is 18.1 Å². The van der Waals surface area contributed by atoms with E-state index in [9.17, 15) is 0 Å². The molecular weight excluding hydrogens is 316 g/mol.